The minimum absolute atomic E-state index is 0.578. The van der Waals surface area contributed by atoms with E-state index in [-0.39, 0.29) is 0 Å². The Morgan fingerprint density at radius 3 is 3.19 bits per heavy atom. The van der Waals surface area contributed by atoms with Gasteiger partial charge in [0.25, 0.3) is 0 Å². The third-order valence-corrected chi connectivity index (χ3v) is 3.97. The van der Waals surface area contributed by atoms with E-state index < -0.39 is 0 Å². The van der Waals surface area contributed by atoms with Crippen molar-refractivity contribution in [3.8, 4) is 0 Å². The molecule has 0 bridgehead atoms. The molecule has 6 nitrogen and oxygen atoms in total. The fourth-order valence-corrected chi connectivity index (χ4v) is 2.91. The monoisotopic (exact) mass is 281 g/mol. The van der Waals surface area contributed by atoms with Crippen molar-refractivity contribution in [1.82, 2.24) is 24.8 Å². The highest BCUT2D eigenvalue weighted by Gasteiger charge is 2.19. The number of anilines is 2. The van der Waals surface area contributed by atoms with Gasteiger partial charge in [0.15, 0.2) is 11.6 Å². The lowest BCUT2D eigenvalue weighted by atomic mass is 10.0. The van der Waals surface area contributed by atoms with Crippen LogP contribution in [-0.2, 0) is 0 Å². The van der Waals surface area contributed by atoms with Crippen LogP contribution < -0.4 is 5.32 Å². The minimum Gasteiger partial charge on any atom is -0.322 e. The van der Waals surface area contributed by atoms with Crippen LogP contribution in [0.15, 0.2) is 24.5 Å². The first-order chi connectivity index (χ1) is 10.3. The second kappa shape index (κ2) is 4.87. The number of aryl methyl sites for hydroxylation is 1. The largest absolute Gasteiger partial charge is 0.322 e. The molecule has 3 aromatic rings. The van der Waals surface area contributed by atoms with Gasteiger partial charge in [0.05, 0.1) is 5.69 Å². The van der Waals surface area contributed by atoms with Crippen LogP contribution in [0.3, 0.4) is 0 Å². The highest BCUT2D eigenvalue weighted by atomic mass is 15.3. The van der Waals surface area contributed by atoms with Crippen molar-refractivity contribution < 1.29 is 0 Å². The summed E-state index contributed by atoms with van der Waals surface area (Å²) in [5, 5.41) is 15.2. The first-order valence-corrected chi connectivity index (χ1v) is 7.24. The zero-order valence-electron chi connectivity index (χ0n) is 11.9. The average molecular weight is 281 g/mol. The molecule has 6 heteroatoms. The lowest BCUT2D eigenvalue weighted by Gasteiger charge is -2.04. The molecule has 1 fully saturated rings. The fraction of sp³-hybridized carbons (Fsp3) is 0.333. The van der Waals surface area contributed by atoms with Gasteiger partial charge in [-0.15, -0.1) is 0 Å². The van der Waals surface area contributed by atoms with Crippen molar-refractivity contribution >= 4 is 17.2 Å². The van der Waals surface area contributed by atoms with Gasteiger partial charge in [-0.05, 0) is 38.7 Å². The molecule has 2 N–H and O–H groups in total. The van der Waals surface area contributed by atoms with Crippen molar-refractivity contribution in [2.75, 3.05) is 5.32 Å². The van der Waals surface area contributed by atoms with Crippen molar-refractivity contribution in [2.45, 2.75) is 32.1 Å². The smallest absolute Gasteiger partial charge is 0.157 e. The first kappa shape index (κ1) is 12.4. The first-order valence-electron chi connectivity index (χ1n) is 7.24. The number of aromatic nitrogens is 5. The van der Waals surface area contributed by atoms with Gasteiger partial charge in [0.2, 0.25) is 0 Å². The minimum atomic E-state index is 0.578. The Hall–Kier alpha value is -2.37. The number of fused-ring (bicyclic) bond motifs is 1. The molecule has 1 radical (unpaired) electrons. The molecular weight excluding hydrogens is 264 g/mol. The summed E-state index contributed by atoms with van der Waals surface area (Å²) in [4.78, 5) is 4.39. The number of hydrogen-bond donors (Lipinski definition) is 2. The molecule has 0 spiro atoms. The highest BCUT2D eigenvalue weighted by Crippen LogP contribution is 2.33. The number of aromatic amines is 1. The number of hydrogen-bond acceptors (Lipinski definition) is 4. The zero-order valence-corrected chi connectivity index (χ0v) is 11.9. The summed E-state index contributed by atoms with van der Waals surface area (Å²) in [5.74, 6) is 2.15. The van der Waals surface area contributed by atoms with Gasteiger partial charge in [-0.2, -0.15) is 10.2 Å². The van der Waals surface area contributed by atoms with E-state index in [0.29, 0.717) is 5.92 Å². The molecule has 0 aromatic carbocycles. The molecule has 1 aliphatic rings. The van der Waals surface area contributed by atoms with E-state index in [1.54, 1.807) is 6.20 Å². The molecule has 3 heterocycles. The summed E-state index contributed by atoms with van der Waals surface area (Å²) in [7, 11) is 0. The predicted molar refractivity (Wildman–Crippen MR) is 80.5 cm³/mol. The van der Waals surface area contributed by atoms with Crippen LogP contribution in [0.4, 0.5) is 11.6 Å². The normalized spacial score (nSPS) is 15.9. The predicted octanol–water partition coefficient (Wildman–Crippen LogP) is 2.98. The molecule has 1 atom stereocenters. The molecule has 0 unspecified atom stereocenters. The molecule has 107 valence electrons. The van der Waals surface area contributed by atoms with Crippen LogP contribution in [-0.4, -0.2) is 24.8 Å². The quantitative estimate of drug-likeness (QED) is 0.774. The molecule has 1 saturated carbocycles. The Labute approximate surface area is 122 Å². The number of nitrogens with zero attached hydrogens (tertiary/aromatic N) is 4. The Morgan fingerprint density at radius 1 is 1.38 bits per heavy atom. The van der Waals surface area contributed by atoms with Crippen LogP contribution in [0, 0.1) is 13.3 Å². The second-order valence-corrected chi connectivity index (χ2v) is 5.52. The Bertz CT molecular complexity index is 765. The van der Waals surface area contributed by atoms with Crippen molar-refractivity contribution in [3.63, 3.8) is 0 Å². The maximum Gasteiger partial charge on any atom is 0.157 e. The van der Waals surface area contributed by atoms with Crippen molar-refractivity contribution in [3.05, 3.63) is 42.3 Å². The summed E-state index contributed by atoms with van der Waals surface area (Å²) in [6.07, 6.45) is 9.46. The molecule has 21 heavy (non-hydrogen) atoms. The SMILES string of the molecule is Cc1cc2c(Nc3cc([C@H]4C[CH]CC4)[nH]n3)nccn2n1. The highest BCUT2D eigenvalue weighted by molar-refractivity contribution is 5.72. The molecule has 1 aliphatic carbocycles. The van der Waals surface area contributed by atoms with Crippen LogP contribution >= 0.6 is 0 Å². The van der Waals surface area contributed by atoms with E-state index >= 15 is 0 Å². The van der Waals surface area contributed by atoms with Gasteiger partial charge < -0.3 is 5.32 Å². The van der Waals surface area contributed by atoms with Crippen molar-refractivity contribution in [2.24, 2.45) is 0 Å². The third-order valence-electron chi connectivity index (χ3n) is 3.97. The lowest BCUT2D eigenvalue weighted by Crippen LogP contribution is -1.97. The summed E-state index contributed by atoms with van der Waals surface area (Å²) in [6, 6.07) is 4.09. The van der Waals surface area contributed by atoms with E-state index in [1.165, 1.54) is 18.5 Å². The summed E-state index contributed by atoms with van der Waals surface area (Å²) in [5.41, 5.74) is 3.12. The van der Waals surface area contributed by atoms with Crippen LogP contribution in [0.5, 0.6) is 0 Å². The van der Waals surface area contributed by atoms with E-state index in [4.69, 9.17) is 0 Å². The zero-order chi connectivity index (χ0) is 14.2. The van der Waals surface area contributed by atoms with E-state index in [2.05, 4.69) is 38.1 Å². The van der Waals surface area contributed by atoms with Gasteiger partial charge in [0.1, 0.15) is 5.52 Å². The molecule has 0 aliphatic heterocycles. The van der Waals surface area contributed by atoms with E-state index in [0.717, 1.165) is 29.3 Å². The van der Waals surface area contributed by atoms with Gasteiger partial charge in [0, 0.05) is 30.1 Å². The van der Waals surface area contributed by atoms with E-state index in [9.17, 15) is 0 Å². The number of H-pyrrole nitrogens is 1. The molecule has 0 amide bonds. The maximum absolute atomic E-state index is 4.39. The van der Waals surface area contributed by atoms with Gasteiger partial charge >= 0.3 is 0 Å². The standard InChI is InChI=1S/C15H17N6/c1-10-8-13-15(16-6-7-21(13)20-10)17-14-9-12(18-19-14)11-4-2-3-5-11/h2,6-9,11H,3-5H2,1H3,(H2,16,17,18,19)/t11-/m0/s1. The summed E-state index contributed by atoms with van der Waals surface area (Å²) in [6.45, 7) is 1.97. The molecule has 0 saturated heterocycles. The fourth-order valence-electron chi connectivity index (χ4n) is 2.91. The van der Waals surface area contributed by atoms with E-state index in [1.807, 2.05) is 23.7 Å². The van der Waals surface area contributed by atoms with Crippen LogP contribution in [0.1, 0.15) is 36.6 Å². The average Bonchev–Trinajstić information content (AvgIpc) is 3.16. The van der Waals surface area contributed by atoms with Crippen molar-refractivity contribution in [1.29, 1.82) is 0 Å². The topological polar surface area (TPSA) is 70.9 Å². The Morgan fingerprint density at radius 2 is 2.33 bits per heavy atom. The molecule has 4 rings (SSSR count). The third kappa shape index (κ3) is 2.26. The molecular formula is C15H17N6. The maximum atomic E-state index is 4.39. The lowest BCUT2D eigenvalue weighted by molar-refractivity contribution is 0.699. The molecule has 3 aromatic heterocycles. The van der Waals surface area contributed by atoms with Gasteiger partial charge in [-0.1, -0.05) is 0 Å². The Kier molecular flexibility index (Phi) is 2.87. The number of rotatable bonds is 3. The second-order valence-electron chi connectivity index (χ2n) is 5.52. The van der Waals surface area contributed by atoms with Crippen LogP contribution in [0.25, 0.3) is 5.52 Å². The van der Waals surface area contributed by atoms with Gasteiger partial charge in [-0.25, -0.2) is 9.50 Å². The van der Waals surface area contributed by atoms with Crippen LogP contribution in [0.2, 0.25) is 0 Å². The number of nitrogens with one attached hydrogen (secondary N) is 2. The summed E-state index contributed by atoms with van der Waals surface area (Å²) >= 11 is 0. The summed E-state index contributed by atoms with van der Waals surface area (Å²) < 4.78 is 1.82. The Balaban J connectivity index is 1.62. The van der Waals surface area contributed by atoms with Gasteiger partial charge in [-0.3, -0.25) is 5.10 Å².